The molecule has 0 saturated carbocycles. The summed E-state index contributed by atoms with van der Waals surface area (Å²) in [7, 11) is 0. The molecule has 0 rings (SSSR count). The first-order chi connectivity index (χ1) is 9.60. The van der Waals surface area contributed by atoms with E-state index in [-0.39, 0.29) is 5.92 Å². The molecule has 0 aromatic carbocycles. The van der Waals surface area contributed by atoms with Gasteiger partial charge in [0, 0.05) is 0 Å². The number of esters is 1. The first kappa shape index (κ1) is 19.7. The van der Waals surface area contributed by atoms with E-state index in [4.69, 9.17) is 9.47 Å². The number of carbonyl (C=O) groups excluding carboxylic acids is 2. The first-order valence-electron chi connectivity index (χ1n) is 7.76. The van der Waals surface area contributed by atoms with Gasteiger partial charge >= 0.3 is 12.1 Å². The van der Waals surface area contributed by atoms with Crippen molar-refractivity contribution in [3.05, 3.63) is 0 Å². The van der Waals surface area contributed by atoms with Gasteiger partial charge in [-0.15, -0.1) is 0 Å². The van der Waals surface area contributed by atoms with Gasteiger partial charge in [0.2, 0.25) is 0 Å². The van der Waals surface area contributed by atoms with Crippen molar-refractivity contribution in [3.63, 3.8) is 0 Å². The molecule has 5 heteroatoms. The van der Waals surface area contributed by atoms with Crippen LogP contribution in [0.25, 0.3) is 0 Å². The Balaban J connectivity index is 4.54. The minimum absolute atomic E-state index is 0.0632. The van der Waals surface area contributed by atoms with E-state index in [2.05, 4.69) is 19.2 Å². The van der Waals surface area contributed by atoms with Crippen molar-refractivity contribution in [1.82, 2.24) is 5.32 Å². The van der Waals surface area contributed by atoms with Gasteiger partial charge in [-0.2, -0.15) is 0 Å². The molecule has 0 radical (unpaired) electrons. The van der Waals surface area contributed by atoms with Crippen LogP contribution in [0.15, 0.2) is 0 Å². The van der Waals surface area contributed by atoms with Gasteiger partial charge in [0.25, 0.3) is 0 Å². The summed E-state index contributed by atoms with van der Waals surface area (Å²) in [5.74, 6) is -0.0993. The van der Waals surface area contributed by atoms with Crippen molar-refractivity contribution in [3.8, 4) is 0 Å². The minimum Gasteiger partial charge on any atom is -0.464 e. The SMILES string of the molecule is CCC(CC)COC(=O)C(NC(=O)OC(C)(C)C)C(C)C. The highest BCUT2D eigenvalue weighted by atomic mass is 16.6. The van der Waals surface area contributed by atoms with E-state index < -0.39 is 23.7 Å². The summed E-state index contributed by atoms with van der Waals surface area (Å²) in [6, 6.07) is -0.686. The van der Waals surface area contributed by atoms with Gasteiger partial charge in [-0.1, -0.05) is 40.5 Å². The first-order valence-corrected chi connectivity index (χ1v) is 7.76. The summed E-state index contributed by atoms with van der Waals surface area (Å²) < 4.78 is 10.5. The molecule has 0 fully saturated rings. The van der Waals surface area contributed by atoms with Crippen LogP contribution in [0.3, 0.4) is 0 Å². The Labute approximate surface area is 128 Å². The zero-order chi connectivity index (χ0) is 16.6. The lowest BCUT2D eigenvalue weighted by atomic mass is 10.0. The lowest BCUT2D eigenvalue weighted by Crippen LogP contribution is -2.47. The van der Waals surface area contributed by atoms with Crippen molar-refractivity contribution in [2.24, 2.45) is 11.8 Å². The molecule has 0 aliphatic heterocycles. The molecule has 1 N–H and O–H groups in total. The van der Waals surface area contributed by atoms with Crippen LogP contribution in [0.5, 0.6) is 0 Å². The molecule has 0 heterocycles. The lowest BCUT2D eigenvalue weighted by molar-refractivity contribution is -0.148. The summed E-state index contributed by atoms with van der Waals surface area (Å²) in [5.41, 5.74) is -0.592. The molecule has 0 aromatic rings. The highest BCUT2D eigenvalue weighted by Crippen LogP contribution is 2.12. The fourth-order valence-corrected chi connectivity index (χ4v) is 1.75. The zero-order valence-corrected chi connectivity index (χ0v) is 14.5. The maximum atomic E-state index is 12.1. The molecule has 0 aromatic heterocycles. The van der Waals surface area contributed by atoms with Gasteiger partial charge in [0.15, 0.2) is 0 Å². The Morgan fingerprint density at radius 1 is 1.10 bits per heavy atom. The van der Waals surface area contributed by atoms with Crippen LogP contribution in [0.4, 0.5) is 4.79 Å². The van der Waals surface area contributed by atoms with E-state index in [0.29, 0.717) is 12.5 Å². The second kappa shape index (κ2) is 8.90. The summed E-state index contributed by atoms with van der Waals surface area (Å²) in [4.78, 5) is 23.9. The maximum Gasteiger partial charge on any atom is 0.408 e. The summed E-state index contributed by atoms with van der Waals surface area (Å²) in [5, 5.41) is 2.60. The number of rotatable bonds is 7. The predicted octanol–water partition coefficient (Wildman–Crippen LogP) is 3.52. The Morgan fingerprint density at radius 3 is 2.00 bits per heavy atom. The third-order valence-corrected chi connectivity index (χ3v) is 3.21. The molecule has 1 atom stereocenters. The van der Waals surface area contributed by atoms with Gasteiger partial charge in [-0.25, -0.2) is 9.59 Å². The second-order valence-corrected chi connectivity index (χ2v) is 6.68. The van der Waals surface area contributed by atoms with E-state index in [1.165, 1.54) is 0 Å². The number of hydrogen-bond donors (Lipinski definition) is 1. The van der Waals surface area contributed by atoms with Crippen molar-refractivity contribution in [1.29, 1.82) is 0 Å². The van der Waals surface area contributed by atoms with Gasteiger partial charge in [-0.3, -0.25) is 0 Å². The largest absolute Gasteiger partial charge is 0.464 e. The van der Waals surface area contributed by atoms with Gasteiger partial charge in [0.05, 0.1) is 6.61 Å². The zero-order valence-electron chi connectivity index (χ0n) is 14.5. The van der Waals surface area contributed by atoms with Crippen molar-refractivity contribution in [2.75, 3.05) is 6.61 Å². The van der Waals surface area contributed by atoms with E-state index in [9.17, 15) is 9.59 Å². The Morgan fingerprint density at radius 2 is 1.62 bits per heavy atom. The van der Waals surface area contributed by atoms with Crippen molar-refractivity contribution >= 4 is 12.1 Å². The Hall–Kier alpha value is -1.26. The quantitative estimate of drug-likeness (QED) is 0.731. The topological polar surface area (TPSA) is 64.6 Å². The summed E-state index contributed by atoms with van der Waals surface area (Å²) >= 11 is 0. The van der Waals surface area contributed by atoms with Gasteiger partial charge < -0.3 is 14.8 Å². The lowest BCUT2D eigenvalue weighted by Gasteiger charge is -2.25. The molecule has 124 valence electrons. The number of nitrogens with one attached hydrogen (secondary N) is 1. The van der Waals surface area contributed by atoms with Gasteiger partial charge in [0.1, 0.15) is 11.6 Å². The number of alkyl carbamates (subject to hydrolysis) is 1. The number of amides is 1. The highest BCUT2D eigenvalue weighted by molar-refractivity contribution is 5.81. The molecule has 0 saturated heterocycles. The predicted molar refractivity (Wildman–Crippen MR) is 83.0 cm³/mol. The smallest absolute Gasteiger partial charge is 0.408 e. The maximum absolute atomic E-state index is 12.1. The van der Waals surface area contributed by atoms with Crippen molar-refractivity contribution < 1.29 is 19.1 Å². The minimum atomic E-state index is -0.686. The molecule has 0 bridgehead atoms. The van der Waals surface area contributed by atoms with E-state index >= 15 is 0 Å². The molecular formula is C16H31NO4. The van der Waals surface area contributed by atoms with Crippen LogP contribution in [-0.2, 0) is 14.3 Å². The number of carbonyl (C=O) groups is 2. The average Bonchev–Trinajstić information content (AvgIpc) is 2.34. The summed E-state index contributed by atoms with van der Waals surface area (Å²) in [6.45, 7) is 13.6. The Bertz CT molecular complexity index is 330. The molecule has 1 unspecified atom stereocenters. The fraction of sp³-hybridized carbons (Fsp3) is 0.875. The van der Waals surface area contributed by atoms with Crippen LogP contribution in [0.1, 0.15) is 61.3 Å². The third kappa shape index (κ3) is 8.58. The fourth-order valence-electron chi connectivity index (χ4n) is 1.75. The second-order valence-electron chi connectivity index (χ2n) is 6.68. The van der Waals surface area contributed by atoms with Crippen LogP contribution < -0.4 is 5.32 Å². The molecule has 1 amide bonds. The van der Waals surface area contributed by atoms with E-state index in [1.54, 1.807) is 20.8 Å². The van der Waals surface area contributed by atoms with Gasteiger partial charge in [-0.05, 0) is 32.6 Å². The summed E-state index contributed by atoms with van der Waals surface area (Å²) in [6.07, 6.45) is 1.34. The number of hydrogen-bond acceptors (Lipinski definition) is 4. The average molecular weight is 301 g/mol. The standard InChI is InChI=1S/C16H31NO4/c1-8-12(9-2)10-20-14(18)13(11(3)4)17-15(19)21-16(5,6)7/h11-13H,8-10H2,1-7H3,(H,17,19). The normalized spacial score (nSPS) is 13.2. The molecule has 0 aliphatic carbocycles. The molecule has 5 nitrogen and oxygen atoms in total. The van der Waals surface area contributed by atoms with Crippen LogP contribution in [0, 0.1) is 11.8 Å². The molecule has 0 aliphatic rings. The Kier molecular flexibility index (Phi) is 8.37. The molecular weight excluding hydrogens is 270 g/mol. The monoisotopic (exact) mass is 301 g/mol. The van der Waals surface area contributed by atoms with Crippen LogP contribution in [0.2, 0.25) is 0 Å². The van der Waals surface area contributed by atoms with Crippen LogP contribution >= 0.6 is 0 Å². The van der Waals surface area contributed by atoms with Crippen molar-refractivity contribution in [2.45, 2.75) is 73.0 Å². The molecule has 0 spiro atoms. The van der Waals surface area contributed by atoms with Crippen LogP contribution in [-0.4, -0.2) is 30.3 Å². The van der Waals surface area contributed by atoms with E-state index in [1.807, 2.05) is 13.8 Å². The third-order valence-electron chi connectivity index (χ3n) is 3.21. The molecule has 21 heavy (non-hydrogen) atoms. The highest BCUT2D eigenvalue weighted by Gasteiger charge is 2.28. The number of ether oxygens (including phenoxy) is 2. The van der Waals surface area contributed by atoms with E-state index in [0.717, 1.165) is 12.8 Å².